The summed E-state index contributed by atoms with van der Waals surface area (Å²) in [5.41, 5.74) is 9.52. The fourth-order valence-corrected chi connectivity index (χ4v) is 2.59. The van der Waals surface area contributed by atoms with Crippen LogP contribution in [0.4, 0.5) is 0 Å². The van der Waals surface area contributed by atoms with Crippen LogP contribution in [0.25, 0.3) is 0 Å². The maximum atomic E-state index is 6.18. The summed E-state index contributed by atoms with van der Waals surface area (Å²) in [6.45, 7) is 4.05. The Morgan fingerprint density at radius 2 is 2.12 bits per heavy atom. The van der Waals surface area contributed by atoms with Gasteiger partial charge in [0.1, 0.15) is 5.01 Å². The van der Waals surface area contributed by atoms with E-state index in [-0.39, 0.29) is 6.04 Å². The summed E-state index contributed by atoms with van der Waals surface area (Å²) in [6.07, 6.45) is 0. The first kappa shape index (κ1) is 11.8. The molecular formula is C12H13BrN2S. The van der Waals surface area contributed by atoms with E-state index in [9.17, 15) is 0 Å². The van der Waals surface area contributed by atoms with Crippen LogP contribution < -0.4 is 5.73 Å². The zero-order chi connectivity index (χ0) is 11.7. The molecule has 0 radical (unpaired) electrons. The topological polar surface area (TPSA) is 38.9 Å². The van der Waals surface area contributed by atoms with Gasteiger partial charge in [0.25, 0.3) is 0 Å². The van der Waals surface area contributed by atoms with Gasteiger partial charge >= 0.3 is 0 Å². The Balaban J connectivity index is 2.33. The fraction of sp³-hybridized carbons (Fsp3) is 0.250. The average Bonchev–Trinajstić information content (AvgIpc) is 2.68. The molecule has 1 heterocycles. The second-order valence-corrected chi connectivity index (χ2v) is 5.56. The van der Waals surface area contributed by atoms with Gasteiger partial charge < -0.3 is 5.73 Å². The van der Waals surface area contributed by atoms with Crippen LogP contribution in [0, 0.1) is 13.8 Å². The predicted molar refractivity (Wildman–Crippen MR) is 71.8 cm³/mol. The Hall–Kier alpha value is -0.710. The molecule has 0 bridgehead atoms. The van der Waals surface area contributed by atoms with Crippen molar-refractivity contribution in [2.75, 3.05) is 0 Å². The molecular weight excluding hydrogens is 284 g/mol. The molecule has 0 aliphatic rings. The highest BCUT2D eigenvalue weighted by molar-refractivity contribution is 9.10. The third-order valence-electron chi connectivity index (χ3n) is 2.44. The standard InChI is InChI=1S/C12H13BrN2S/c1-7-5-9(3-4-10(7)13)11(14)12-15-8(2)6-16-12/h3-6,11H,14H2,1-2H3. The van der Waals surface area contributed by atoms with Gasteiger partial charge in [0, 0.05) is 15.5 Å². The Kier molecular flexibility index (Phi) is 3.42. The van der Waals surface area contributed by atoms with E-state index in [4.69, 9.17) is 5.73 Å². The SMILES string of the molecule is Cc1csc(C(N)c2ccc(Br)c(C)c2)n1. The monoisotopic (exact) mass is 296 g/mol. The molecule has 4 heteroatoms. The average molecular weight is 297 g/mol. The van der Waals surface area contributed by atoms with Gasteiger partial charge in [0.05, 0.1) is 6.04 Å². The van der Waals surface area contributed by atoms with Crippen molar-refractivity contribution in [2.24, 2.45) is 5.73 Å². The third kappa shape index (κ3) is 2.34. The summed E-state index contributed by atoms with van der Waals surface area (Å²) < 4.78 is 1.11. The van der Waals surface area contributed by atoms with Crippen molar-refractivity contribution in [3.63, 3.8) is 0 Å². The molecule has 1 atom stereocenters. The summed E-state index contributed by atoms with van der Waals surface area (Å²) in [7, 11) is 0. The lowest BCUT2D eigenvalue weighted by molar-refractivity contribution is 0.850. The summed E-state index contributed by atoms with van der Waals surface area (Å²) in [5, 5.41) is 3.00. The summed E-state index contributed by atoms with van der Waals surface area (Å²) in [6, 6.07) is 6.06. The molecule has 2 nitrogen and oxygen atoms in total. The smallest absolute Gasteiger partial charge is 0.114 e. The van der Waals surface area contributed by atoms with Crippen molar-refractivity contribution in [3.05, 3.63) is 49.9 Å². The lowest BCUT2D eigenvalue weighted by Crippen LogP contribution is -2.11. The van der Waals surface area contributed by atoms with E-state index in [1.54, 1.807) is 11.3 Å². The van der Waals surface area contributed by atoms with Crippen LogP contribution in [-0.4, -0.2) is 4.98 Å². The lowest BCUT2D eigenvalue weighted by atomic mass is 10.1. The van der Waals surface area contributed by atoms with Gasteiger partial charge in [-0.2, -0.15) is 0 Å². The molecule has 2 N–H and O–H groups in total. The molecule has 0 fully saturated rings. The van der Waals surface area contributed by atoms with E-state index < -0.39 is 0 Å². The highest BCUT2D eigenvalue weighted by atomic mass is 79.9. The molecule has 2 rings (SSSR count). The minimum Gasteiger partial charge on any atom is -0.318 e. The first-order valence-electron chi connectivity index (χ1n) is 5.01. The molecule has 0 aliphatic carbocycles. The van der Waals surface area contributed by atoms with Crippen LogP contribution in [0.15, 0.2) is 28.1 Å². The zero-order valence-electron chi connectivity index (χ0n) is 9.20. The second-order valence-electron chi connectivity index (χ2n) is 3.81. The summed E-state index contributed by atoms with van der Waals surface area (Å²) in [4.78, 5) is 4.42. The first-order chi connectivity index (χ1) is 7.58. The van der Waals surface area contributed by atoms with Crippen molar-refractivity contribution in [1.29, 1.82) is 0 Å². The van der Waals surface area contributed by atoms with E-state index in [2.05, 4.69) is 33.9 Å². The Morgan fingerprint density at radius 1 is 1.38 bits per heavy atom. The van der Waals surface area contributed by atoms with Crippen LogP contribution >= 0.6 is 27.3 Å². The molecule has 2 aromatic rings. The predicted octanol–water partition coefficient (Wildman–Crippen LogP) is 3.57. The molecule has 0 saturated carbocycles. The van der Waals surface area contributed by atoms with Crippen LogP contribution in [-0.2, 0) is 0 Å². The highest BCUT2D eigenvalue weighted by Gasteiger charge is 2.12. The molecule has 0 amide bonds. The number of hydrogen-bond donors (Lipinski definition) is 1. The molecule has 1 aromatic heterocycles. The number of thiazole rings is 1. The lowest BCUT2D eigenvalue weighted by Gasteiger charge is -2.10. The number of hydrogen-bond acceptors (Lipinski definition) is 3. The Labute approximate surface area is 108 Å². The van der Waals surface area contributed by atoms with E-state index in [1.807, 2.05) is 24.4 Å². The quantitative estimate of drug-likeness (QED) is 0.920. The van der Waals surface area contributed by atoms with E-state index >= 15 is 0 Å². The van der Waals surface area contributed by atoms with Gasteiger partial charge in [-0.05, 0) is 31.0 Å². The van der Waals surface area contributed by atoms with E-state index in [1.165, 1.54) is 5.56 Å². The van der Waals surface area contributed by atoms with Gasteiger partial charge in [0.15, 0.2) is 0 Å². The molecule has 84 valence electrons. The van der Waals surface area contributed by atoms with Crippen LogP contribution in [0.5, 0.6) is 0 Å². The first-order valence-corrected chi connectivity index (χ1v) is 6.69. The minimum absolute atomic E-state index is 0.120. The number of halogens is 1. The highest BCUT2D eigenvalue weighted by Crippen LogP contribution is 2.26. The second kappa shape index (κ2) is 4.65. The number of nitrogens with two attached hydrogens (primary N) is 1. The molecule has 0 spiro atoms. The van der Waals surface area contributed by atoms with Gasteiger partial charge in [0.2, 0.25) is 0 Å². The maximum absolute atomic E-state index is 6.18. The van der Waals surface area contributed by atoms with Crippen molar-refractivity contribution < 1.29 is 0 Å². The summed E-state index contributed by atoms with van der Waals surface area (Å²) in [5.74, 6) is 0. The van der Waals surface area contributed by atoms with E-state index in [0.29, 0.717) is 0 Å². The molecule has 1 unspecified atom stereocenters. The van der Waals surface area contributed by atoms with Gasteiger partial charge in [-0.25, -0.2) is 4.98 Å². The normalized spacial score (nSPS) is 12.8. The molecule has 0 aliphatic heterocycles. The largest absolute Gasteiger partial charge is 0.318 e. The number of nitrogens with zero attached hydrogens (tertiary/aromatic N) is 1. The number of rotatable bonds is 2. The van der Waals surface area contributed by atoms with Crippen LogP contribution in [0.1, 0.15) is 27.9 Å². The fourth-order valence-electron chi connectivity index (χ4n) is 1.52. The summed E-state index contributed by atoms with van der Waals surface area (Å²) >= 11 is 5.10. The van der Waals surface area contributed by atoms with E-state index in [0.717, 1.165) is 20.7 Å². The van der Waals surface area contributed by atoms with Crippen molar-refractivity contribution >= 4 is 27.3 Å². The molecule has 16 heavy (non-hydrogen) atoms. The number of aryl methyl sites for hydroxylation is 2. The molecule has 1 aromatic carbocycles. The zero-order valence-corrected chi connectivity index (χ0v) is 11.6. The van der Waals surface area contributed by atoms with Crippen LogP contribution in [0.3, 0.4) is 0 Å². The number of benzene rings is 1. The third-order valence-corrected chi connectivity index (χ3v) is 4.38. The van der Waals surface area contributed by atoms with Gasteiger partial charge in [-0.1, -0.05) is 28.1 Å². The number of aromatic nitrogens is 1. The van der Waals surface area contributed by atoms with Gasteiger partial charge in [-0.15, -0.1) is 11.3 Å². The Morgan fingerprint density at radius 3 is 2.69 bits per heavy atom. The minimum atomic E-state index is -0.120. The van der Waals surface area contributed by atoms with Crippen molar-refractivity contribution in [1.82, 2.24) is 4.98 Å². The van der Waals surface area contributed by atoms with Crippen LogP contribution in [0.2, 0.25) is 0 Å². The maximum Gasteiger partial charge on any atom is 0.114 e. The molecule has 0 saturated heterocycles. The van der Waals surface area contributed by atoms with Crippen molar-refractivity contribution in [2.45, 2.75) is 19.9 Å². The van der Waals surface area contributed by atoms with Crippen molar-refractivity contribution in [3.8, 4) is 0 Å². The van der Waals surface area contributed by atoms with Gasteiger partial charge in [-0.3, -0.25) is 0 Å². The Bertz CT molecular complexity index is 507.